The molecule has 0 aliphatic rings. The van der Waals surface area contributed by atoms with Gasteiger partial charge < -0.3 is 10.4 Å². The zero-order chi connectivity index (χ0) is 15.9. The van der Waals surface area contributed by atoms with Gasteiger partial charge in [0, 0.05) is 6.54 Å². The maximum atomic E-state index is 11.8. The van der Waals surface area contributed by atoms with Gasteiger partial charge in [0.15, 0.2) is 0 Å². The fourth-order valence-electron chi connectivity index (χ4n) is 1.76. The standard InChI is InChI=1S/C14H22N2O4S/c1-3-8-21(19,20)16-11(2)14(18)15-9-12-4-6-13(10-17)7-5-12/h4-7,11,16-17H,3,8-10H2,1-2H3,(H,15,18). The highest BCUT2D eigenvalue weighted by atomic mass is 32.2. The van der Waals surface area contributed by atoms with Gasteiger partial charge in [-0.3, -0.25) is 4.79 Å². The van der Waals surface area contributed by atoms with E-state index in [1.807, 2.05) is 0 Å². The summed E-state index contributed by atoms with van der Waals surface area (Å²) in [5.41, 5.74) is 1.68. The van der Waals surface area contributed by atoms with Gasteiger partial charge >= 0.3 is 0 Å². The molecule has 6 nitrogen and oxygen atoms in total. The highest BCUT2D eigenvalue weighted by Crippen LogP contribution is 2.04. The first kappa shape index (κ1) is 17.6. The Balaban J connectivity index is 2.48. The van der Waals surface area contributed by atoms with E-state index in [0.717, 1.165) is 11.1 Å². The Kier molecular flexibility index (Phi) is 6.80. The second kappa shape index (κ2) is 8.11. The molecule has 1 amide bonds. The molecule has 0 aromatic heterocycles. The Hall–Kier alpha value is -1.44. The topological polar surface area (TPSA) is 95.5 Å². The smallest absolute Gasteiger partial charge is 0.238 e. The summed E-state index contributed by atoms with van der Waals surface area (Å²) in [6.45, 7) is 3.56. The van der Waals surface area contributed by atoms with Crippen LogP contribution in [0, 0.1) is 0 Å². The quantitative estimate of drug-likeness (QED) is 0.651. The fourth-order valence-corrected chi connectivity index (χ4v) is 3.06. The van der Waals surface area contributed by atoms with Gasteiger partial charge in [0.2, 0.25) is 15.9 Å². The number of aliphatic hydroxyl groups is 1. The molecule has 0 saturated carbocycles. The zero-order valence-electron chi connectivity index (χ0n) is 12.3. The number of aliphatic hydroxyl groups excluding tert-OH is 1. The highest BCUT2D eigenvalue weighted by molar-refractivity contribution is 7.89. The van der Waals surface area contributed by atoms with E-state index < -0.39 is 16.1 Å². The predicted octanol–water partition coefficient (Wildman–Crippen LogP) is 0.513. The van der Waals surface area contributed by atoms with Crippen LogP contribution in [0.5, 0.6) is 0 Å². The lowest BCUT2D eigenvalue weighted by molar-refractivity contribution is -0.122. The van der Waals surface area contributed by atoms with E-state index in [9.17, 15) is 13.2 Å². The number of nitrogens with one attached hydrogen (secondary N) is 2. The average molecular weight is 314 g/mol. The highest BCUT2D eigenvalue weighted by Gasteiger charge is 2.19. The SMILES string of the molecule is CCCS(=O)(=O)NC(C)C(=O)NCc1ccc(CO)cc1. The molecule has 1 atom stereocenters. The third-order valence-corrected chi connectivity index (χ3v) is 4.55. The summed E-state index contributed by atoms with van der Waals surface area (Å²) in [5, 5.41) is 11.6. The van der Waals surface area contributed by atoms with Gasteiger partial charge in [-0.25, -0.2) is 13.1 Å². The van der Waals surface area contributed by atoms with Crippen LogP contribution < -0.4 is 10.0 Å². The van der Waals surface area contributed by atoms with Crippen LogP contribution in [0.25, 0.3) is 0 Å². The maximum Gasteiger partial charge on any atom is 0.238 e. The summed E-state index contributed by atoms with van der Waals surface area (Å²) in [4.78, 5) is 11.8. The molecule has 1 rings (SSSR count). The first-order valence-corrected chi connectivity index (χ1v) is 8.49. The molecule has 21 heavy (non-hydrogen) atoms. The summed E-state index contributed by atoms with van der Waals surface area (Å²) in [5.74, 6) is -0.367. The van der Waals surface area contributed by atoms with Crippen molar-refractivity contribution in [3.05, 3.63) is 35.4 Å². The zero-order valence-corrected chi connectivity index (χ0v) is 13.1. The van der Waals surface area contributed by atoms with Crippen molar-refractivity contribution in [2.75, 3.05) is 5.75 Å². The van der Waals surface area contributed by atoms with Crippen molar-refractivity contribution >= 4 is 15.9 Å². The normalized spacial score (nSPS) is 12.9. The number of carbonyl (C=O) groups is 1. The molecular weight excluding hydrogens is 292 g/mol. The molecule has 3 N–H and O–H groups in total. The van der Waals surface area contributed by atoms with Crippen LogP contribution in [0.3, 0.4) is 0 Å². The molecule has 0 saturated heterocycles. The first-order chi connectivity index (χ1) is 9.88. The van der Waals surface area contributed by atoms with Crippen molar-refractivity contribution in [3.63, 3.8) is 0 Å². The first-order valence-electron chi connectivity index (χ1n) is 6.84. The van der Waals surface area contributed by atoms with Crippen LogP contribution in [0.4, 0.5) is 0 Å². The Morgan fingerprint density at radius 1 is 1.24 bits per heavy atom. The lowest BCUT2D eigenvalue weighted by Crippen LogP contribution is -2.45. The summed E-state index contributed by atoms with van der Waals surface area (Å²) in [6, 6.07) is 6.34. The van der Waals surface area contributed by atoms with E-state index in [1.54, 1.807) is 31.2 Å². The van der Waals surface area contributed by atoms with Crippen LogP contribution in [0.15, 0.2) is 24.3 Å². The van der Waals surface area contributed by atoms with Crippen LogP contribution in [-0.2, 0) is 28.0 Å². The molecule has 1 unspecified atom stereocenters. The lowest BCUT2D eigenvalue weighted by atomic mass is 10.1. The fraction of sp³-hybridized carbons (Fsp3) is 0.500. The van der Waals surface area contributed by atoms with Crippen molar-refractivity contribution in [2.45, 2.75) is 39.5 Å². The molecule has 1 aromatic rings. The molecule has 0 radical (unpaired) electrons. The second-order valence-corrected chi connectivity index (χ2v) is 6.72. The monoisotopic (exact) mass is 314 g/mol. The maximum absolute atomic E-state index is 11.8. The van der Waals surface area contributed by atoms with E-state index in [2.05, 4.69) is 10.0 Å². The molecule has 118 valence electrons. The lowest BCUT2D eigenvalue weighted by Gasteiger charge is -2.14. The largest absolute Gasteiger partial charge is 0.392 e. The Bertz CT molecular complexity index is 555. The number of sulfonamides is 1. The van der Waals surface area contributed by atoms with Gasteiger partial charge in [-0.15, -0.1) is 0 Å². The van der Waals surface area contributed by atoms with Crippen LogP contribution >= 0.6 is 0 Å². The van der Waals surface area contributed by atoms with Gasteiger partial charge in [-0.1, -0.05) is 31.2 Å². The van der Waals surface area contributed by atoms with E-state index in [-0.39, 0.29) is 18.3 Å². The van der Waals surface area contributed by atoms with Gasteiger partial charge in [0.25, 0.3) is 0 Å². The van der Waals surface area contributed by atoms with Crippen LogP contribution in [0.1, 0.15) is 31.4 Å². The van der Waals surface area contributed by atoms with Crippen molar-refractivity contribution in [1.82, 2.24) is 10.0 Å². The van der Waals surface area contributed by atoms with Crippen molar-refractivity contribution in [1.29, 1.82) is 0 Å². The molecular formula is C14H22N2O4S. The van der Waals surface area contributed by atoms with E-state index in [0.29, 0.717) is 13.0 Å². The predicted molar refractivity (Wildman–Crippen MR) is 80.9 cm³/mol. The molecule has 7 heteroatoms. The number of benzene rings is 1. The van der Waals surface area contributed by atoms with E-state index in [1.165, 1.54) is 6.92 Å². The summed E-state index contributed by atoms with van der Waals surface area (Å²) >= 11 is 0. The van der Waals surface area contributed by atoms with Gasteiger partial charge in [0.1, 0.15) is 0 Å². The molecule has 0 bridgehead atoms. The van der Waals surface area contributed by atoms with Gasteiger partial charge in [0.05, 0.1) is 18.4 Å². The molecule has 0 aliphatic carbocycles. The van der Waals surface area contributed by atoms with E-state index >= 15 is 0 Å². The average Bonchev–Trinajstić information content (AvgIpc) is 2.44. The Labute approximate surface area is 125 Å². The number of hydrogen-bond acceptors (Lipinski definition) is 4. The van der Waals surface area contributed by atoms with Crippen LogP contribution in [0.2, 0.25) is 0 Å². The number of amides is 1. The summed E-state index contributed by atoms with van der Waals surface area (Å²) in [6.07, 6.45) is 0.501. The van der Waals surface area contributed by atoms with Gasteiger partial charge in [-0.2, -0.15) is 0 Å². The number of rotatable bonds is 8. The van der Waals surface area contributed by atoms with Crippen molar-refractivity contribution < 1.29 is 18.3 Å². The van der Waals surface area contributed by atoms with Crippen LogP contribution in [-0.4, -0.2) is 31.2 Å². The van der Waals surface area contributed by atoms with Crippen molar-refractivity contribution in [3.8, 4) is 0 Å². The van der Waals surface area contributed by atoms with Gasteiger partial charge in [-0.05, 0) is 24.5 Å². The third kappa shape index (κ3) is 6.24. The minimum atomic E-state index is -3.41. The Morgan fingerprint density at radius 2 is 1.81 bits per heavy atom. The minimum Gasteiger partial charge on any atom is -0.392 e. The second-order valence-electron chi connectivity index (χ2n) is 4.85. The molecule has 0 spiro atoms. The molecule has 0 heterocycles. The third-order valence-electron chi connectivity index (χ3n) is 2.89. The van der Waals surface area contributed by atoms with E-state index in [4.69, 9.17) is 5.11 Å². The molecule has 0 aliphatic heterocycles. The summed E-state index contributed by atoms with van der Waals surface area (Å²) < 4.78 is 25.5. The summed E-state index contributed by atoms with van der Waals surface area (Å²) in [7, 11) is -3.41. The van der Waals surface area contributed by atoms with Crippen molar-refractivity contribution in [2.24, 2.45) is 0 Å². The molecule has 0 fully saturated rings. The number of hydrogen-bond donors (Lipinski definition) is 3. The molecule has 1 aromatic carbocycles. The number of carbonyl (C=O) groups excluding carboxylic acids is 1. The minimum absolute atomic E-state index is 0.00718. The Morgan fingerprint density at radius 3 is 2.33 bits per heavy atom.